The molecule has 0 aromatic heterocycles. The Labute approximate surface area is 143 Å². The number of carbonyl (C=O) groups is 1. The van der Waals surface area contributed by atoms with Gasteiger partial charge in [-0.05, 0) is 37.8 Å². The monoisotopic (exact) mass is 355 g/mol. The molecular formula is C16H25N3O4S. The van der Waals surface area contributed by atoms with E-state index in [4.69, 9.17) is 10.5 Å². The molecule has 1 aromatic rings. The Morgan fingerprint density at radius 3 is 2.50 bits per heavy atom. The standard InChI is InChI=1S/C16H25N3O4S/c1-12-2-4-14(5-3-12)24(21,22)19-9-8-18-16(20)15(17)13-6-10-23-11-7-13/h2-5,13,15,19H,6-11,17H2,1H3,(H,18,20). The number of hydrogen-bond donors (Lipinski definition) is 3. The summed E-state index contributed by atoms with van der Waals surface area (Å²) in [4.78, 5) is 12.2. The maximum atomic E-state index is 12.1. The van der Waals surface area contributed by atoms with E-state index in [1.807, 2.05) is 6.92 Å². The summed E-state index contributed by atoms with van der Waals surface area (Å²) < 4.78 is 31.9. The highest BCUT2D eigenvalue weighted by Crippen LogP contribution is 2.17. The van der Waals surface area contributed by atoms with E-state index in [-0.39, 0.29) is 29.8 Å². The molecule has 4 N–H and O–H groups in total. The summed E-state index contributed by atoms with van der Waals surface area (Å²) >= 11 is 0. The molecule has 1 saturated heterocycles. The van der Waals surface area contributed by atoms with Crippen molar-refractivity contribution < 1.29 is 17.9 Å². The summed E-state index contributed by atoms with van der Waals surface area (Å²) in [5, 5.41) is 2.68. The van der Waals surface area contributed by atoms with Crippen LogP contribution in [0, 0.1) is 12.8 Å². The molecule has 0 bridgehead atoms. The van der Waals surface area contributed by atoms with Crippen molar-refractivity contribution in [2.45, 2.75) is 30.7 Å². The predicted octanol–water partition coefficient (Wildman–Crippen LogP) is 0.143. The minimum absolute atomic E-state index is 0.114. The number of nitrogens with two attached hydrogens (primary N) is 1. The molecule has 0 aliphatic carbocycles. The van der Waals surface area contributed by atoms with Crippen LogP contribution < -0.4 is 15.8 Å². The molecule has 1 amide bonds. The zero-order valence-electron chi connectivity index (χ0n) is 13.8. The molecule has 2 rings (SSSR count). The zero-order chi connectivity index (χ0) is 17.6. The van der Waals surface area contributed by atoms with Gasteiger partial charge in [0.25, 0.3) is 0 Å². The molecule has 1 aromatic carbocycles. The van der Waals surface area contributed by atoms with Crippen molar-refractivity contribution in [2.75, 3.05) is 26.3 Å². The fourth-order valence-electron chi connectivity index (χ4n) is 2.58. The fourth-order valence-corrected chi connectivity index (χ4v) is 3.61. The molecule has 7 nitrogen and oxygen atoms in total. The lowest BCUT2D eigenvalue weighted by Crippen LogP contribution is -2.48. The maximum absolute atomic E-state index is 12.1. The number of nitrogens with one attached hydrogen (secondary N) is 2. The van der Waals surface area contributed by atoms with Gasteiger partial charge in [-0.25, -0.2) is 13.1 Å². The number of hydrogen-bond acceptors (Lipinski definition) is 5. The average Bonchev–Trinajstić information content (AvgIpc) is 2.59. The van der Waals surface area contributed by atoms with Gasteiger partial charge in [0.1, 0.15) is 0 Å². The van der Waals surface area contributed by atoms with Crippen LogP contribution in [0.25, 0.3) is 0 Å². The normalized spacial score (nSPS) is 17.4. The van der Waals surface area contributed by atoms with Crippen LogP contribution in [0.4, 0.5) is 0 Å². The van der Waals surface area contributed by atoms with Gasteiger partial charge in [-0.1, -0.05) is 17.7 Å². The molecule has 1 unspecified atom stereocenters. The van der Waals surface area contributed by atoms with Crippen molar-refractivity contribution in [2.24, 2.45) is 11.7 Å². The van der Waals surface area contributed by atoms with E-state index >= 15 is 0 Å². The van der Waals surface area contributed by atoms with Crippen LogP contribution in [0.15, 0.2) is 29.2 Å². The Morgan fingerprint density at radius 1 is 1.25 bits per heavy atom. The van der Waals surface area contributed by atoms with E-state index in [0.29, 0.717) is 13.2 Å². The molecular weight excluding hydrogens is 330 g/mol. The van der Waals surface area contributed by atoms with Crippen molar-refractivity contribution in [3.05, 3.63) is 29.8 Å². The topological polar surface area (TPSA) is 111 Å². The smallest absolute Gasteiger partial charge is 0.240 e. The van der Waals surface area contributed by atoms with E-state index < -0.39 is 16.1 Å². The summed E-state index contributed by atoms with van der Waals surface area (Å²) in [7, 11) is -3.56. The van der Waals surface area contributed by atoms with E-state index in [1.165, 1.54) is 0 Å². The Balaban J connectivity index is 1.75. The number of carbonyl (C=O) groups excluding carboxylic acids is 1. The number of rotatable bonds is 7. The summed E-state index contributed by atoms with van der Waals surface area (Å²) in [5.74, 6) is -0.139. The van der Waals surface area contributed by atoms with Crippen LogP contribution in [-0.4, -0.2) is 46.7 Å². The highest BCUT2D eigenvalue weighted by atomic mass is 32.2. The molecule has 1 heterocycles. The number of sulfonamides is 1. The van der Waals surface area contributed by atoms with Crippen molar-refractivity contribution in [1.82, 2.24) is 10.0 Å². The molecule has 24 heavy (non-hydrogen) atoms. The van der Waals surface area contributed by atoms with E-state index in [1.54, 1.807) is 24.3 Å². The Hall–Kier alpha value is -1.48. The molecule has 0 saturated carbocycles. The number of benzene rings is 1. The first-order valence-corrected chi connectivity index (χ1v) is 9.56. The molecule has 1 fully saturated rings. The van der Waals surface area contributed by atoms with E-state index in [0.717, 1.165) is 18.4 Å². The first-order chi connectivity index (χ1) is 11.4. The predicted molar refractivity (Wildman–Crippen MR) is 90.9 cm³/mol. The molecule has 0 spiro atoms. The Kier molecular flexibility index (Phi) is 6.73. The van der Waals surface area contributed by atoms with Crippen LogP contribution in [0.3, 0.4) is 0 Å². The van der Waals surface area contributed by atoms with Gasteiger partial charge in [-0.3, -0.25) is 4.79 Å². The van der Waals surface area contributed by atoms with E-state index in [2.05, 4.69) is 10.0 Å². The van der Waals surface area contributed by atoms with Gasteiger partial charge < -0.3 is 15.8 Å². The van der Waals surface area contributed by atoms with E-state index in [9.17, 15) is 13.2 Å². The maximum Gasteiger partial charge on any atom is 0.240 e. The Morgan fingerprint density at radius 2 is 1.88 bits per heavy atom. The van der Waals surface area contributed by atoms with Gasteiger partial charge in [-0.15, -0.1) is 0 Å². The van der Waals surface area contributed by atoms with Crippen LogP contribution in [-0.2, 0) is 19.6 Å². The summed E-state index contributed by atoms with van der Waals surface area (Å²) in [6, 6.07) is 6.00. The Bertz CT molecular complexity index is 640. The van der Waals surface area contributed by atoms with Crippen LogP contribution in [0.2, 0.25) is 0 Å². The third-order valence-corrected chi connectivity index (χ3v) is 5.60. The average molecular weight is 355 g/mol. The van der Waals surface area contributed by atoms with Gasteiger partial charge in [0.05, 0.1) is 10.9 Å². The second-order valence-corrected chi connectivity index (χ2v) is 7.74. The van der Waals surface area contributed by atoms with Gasteiger partial charge in [-0.2, -0.15) is 0 Å². The molecule has 0 radical (unpaired) electrons. The lowest BCUT2D eigenvalue weighted by atomic mass is 9.92. The third kappa shape index (κ3) is 5.27. The molecule has 134 valence electrons. The van der Waals surface area contributed by atoms with Crippen LogP contribution in [0.5, 0.6) is 0 Å². The summed E-state index contributed by atoms with van der Waals surface area (Å²) in [6.07, 6.45) is 1.54. The molecule has 8 heteroatoms. The van der Waals surface area contributed by atoms with Crippen molar-refractivity contribution in [3.8, 4) is 0 Å². The molecule has 1 atom stereocenters. The van der Waals surface area contributed by atoms with Crippen molar-refractivity contribution >= 4 is 15.9 Å². The third-order valence-electron chi connectivity index (χ3n) is 4.12. The van der Waals surface area contributed by atoms with Gasteiger partial charge in [0.2, 0.25) is 15.9 Å². The van der Waals surface area contributed by atoms with Crippen molar-refractivity contribution in [1.29, 1.82) is 0 Å². The minimum atomic E-state index is -3.56. The lowest BCUT2D eigenvalue weighted by Gasteiger charge is -2.26. The molecule has 1 aliphatic rings. The first-order valence-electron chi connectivity index (χ1n) is 8.07. The zero-order valence-corrected chi connectivity index (χ0v) is 14.6. The fraction of sp³-hybridized carbons (Fsp3) is 0.562. The highest BCUT2D eigenvalue weighted by molar-refractivity contribution is 7.89. The molecule has 1 aliphatic heterocycles. The lowest BCUT2D eigenvalue weighted by molar-refractivity contribution is -0.124. The van der Waals surface area contributed by atoms with Crippen LogP contribution >= 0.6 is 0 Å². The number of aryl methyl sites for hydroxylation is 1. The van der Waals surface area contributed by atoms with Gasteiger partial charge in [0, 0.05) is 26.3 Å². The van der Waals surface area contributed by atoms with Gasteiger partial charge >= 0.3 is 0 Å². The first kappa shape index (κ1) is 18.9. The van der Waals surface area contributed by atoms with Gasteiger partial charge in [0.15, 0.2) is 0 Å². The van der Waals surface area contributed by atoms with Crippen molar-refractivity contribution in [3.63, 3.8) is 0 Å². The number of ether oxygens (including phenoxy) is 1. The second-order valence-electron chi connectivity index (χ2n) is 5.98. The largest absolute Gasteiger partial charge is 0.381 e. The minimum Gasteiger partial charge on any atom is -0.381 e. The SMILES string of the molecule is Cc1ccc(S(=O)(=O)NCCNC(=O)C(N)C2CCOCC2)cc1. The van der Waals surface area contributed by atoms with Crippen LogP contribution in [0.1, 0.15) is 18.4 Å². The summed E-state index contributed by atoms with van der Waals surface area (Å²) in [6.45, 7) is 3.45. The second kappa shape index (κ2) is 8.57. The number of amides is 1. The summed E-state index contributed by atoms with van der Waals surface area (Å²) in [5.41, 5.74) is 6.95. The highest BCUT2D eigenvalue weighted by Gasteiger charge is 2.26. The quantitative estimate of drug-likeness (QED) is 0.603.